The summed E-state index contributed by atoms with van der Waals surface area (Å²) < 4.78 is 0. The molecule has 0 saturated carbocycles. The van der Waals surface area contributed by atoms with Crippen molar-refractivity contribution in [1.82, 2.24) is 0 Å². The molecule has 0 fully saturated rings. The summed E-state index contributed by atoms with van der Waals surface area (Å²) in [7, 11) is 0. The third kappa shape index (κ3) is 2.25. The van der Waals surface area contributed by atoms with Crippen molar-refractivity contribution in [1.29, 1.82) is 0 Å². The Balaban J connectivity index is 2.21. The number of hydrogen-bond donors (Lipinski definition) is 3. The quantitative estimate of drug-likeness (QED) is 0.782. The minimum Gasteiger partial charge on any atom is -0.365 e. The Morgan fingerprint density at radius 3 is 2.81 bits per heavy atom. The molecule has 2 aliphatic carbocycles. The number of carbonyl (C=O) groups excluding carboxylic acids is 2. The summed E-state index contributed by atoms with van der Waals surface area (Å²) in [6.45, 7) is 2.09. The van der Waals surface area contributed by atoms with Crippen molar-refractivity contribution in [2.45, 2.75) is 32.1 Å². The van der Waals surface area contributed by atoms with E-state index in [1.54, 1.807) is 0 Å². The van der Waals surface area contributed by atoms with Crippen molar-refractivity contribution >= 4 is 33.8 Å². The van der Waals surface area contributed by atoms with Crippen LogP contribution in [0.25, 0.3) is 5.57 Å². The number of anilines is 1. The molecule has 3 rings (SSSR count). The van der Waals surface area contributed by atoms with E-state index in [1.165, 1.54) is 22.5 Å². The zero-order chi connectivity index (χ0) is 15.1. The first kappa shape index (κ1) is 13.9. The van der Waals surface area contributed by atoms with E-state index in [4.69, 9.17) is 11.5 Å². The normalized spacial score (nSPS) is 20.0. The lowest BCUT2D eigenvalue weighted by Gasteiger charge is -2.26. The summed E-state index contributed by atoms with van der Waals surface area (Å²) in [5, 5.41) is 3.00. The van der Waals surface area contributed by atoms with Gasteiger partial charge in [0.2, 0.25) is 0 Å². The van der Waals surface area contributed by atoms with E-state index in [-0.39, 0.29) is 5.92 Å². The highest BCUT2D eigenvalue weighted by Crippen LogP contribution is 2.49. The number of nitrogens with two attached hydrogens (primary N) is 2. The molecule has 110 valence electrons. The number of hydrogen-bond acceptors (Lipinski definition) is 3. The molecule has 0 bridgehead atoms. The number of primary amides is 2. The maximum Gasteiger partial charge on any atom is 0.317 e. The van der Waals surface area contributed by atoms with Gasteiger partial charge in [-0.1, -0.05) is 24.6 Å². The highest BCUT2D eigenvalue weighted by Gasteiger charge is 2.32. The third-order valence-corrected chi connectivity index (χ3v) is 5.15. The standard InChI is InChI=1S/C15H17N3O2S/c1-7-6-8-4-2-3-5-9(8)12-10(7)11(13(16)19)14(21-12)18-15(17)20/h3,5,7H,2,4,6H2,1H3,(H2,16,19)(H3,17,18,20). The van der Waals surface area contributed by atoms with Gasteiger partial charge in [-0.15, -0.1) is 11.3 Å². The Bertz CT molecular complexity index is 700. The Morgan fingerprint density at radius 2 is 2.14 bits per heavy atom. The Labute approximate surface area is 126 Å². The van der Waals surface area contributed by atoms with Crippen LogP contribution in [0.4, 0.5) is 9.80 Å². The number of carbonyl (C=O) groups is 2. The van der Waals surface area contributed by atoms with E-state index in [0.29, 0.717) is 10.6 Å². The van der Waals surface area contributed by atoms with Gasteiger partial charge in [0.15, 0.2) is 0 Å². The lowest BCUT2D eigenvalue weighted by atomic mass is 9.79. The monoisotopic (exact) mass is 303 g/mol. The van der Waals surface area contributed by atoms with Crippen LogP contribution in [-0.2, 0) is 0 Å². The Kier molecular flexibility index (Phi) is 3.33. The van der Waals surface area contributed by atoms with Crippen LogP contribution in [0.15, 0.2) is 17.7 Å². The number of nitrogens with one attached hydrogen (secondary N) is 1. The van der Waals surface area contributed by atoms with E-state index in [2.05, 4.69) is 24.4 Å². The number of allylic oxidation sites excluding steroid dienone is 4. The predicted octanol–water partition coefficient (Wildman–Crippen LogP) is 2.95. The molecule has 1 aromatic rings. The van der Waals surface area contributed by atoms with Crippen molar-refractivity contribution < 1.29 is 9.59 Å². The molecule has 5 N–H and O–H groups in total. The first-order chi connectivity index (χ1) is 9.99. The van der Waals surface area contributed by atoms with Gasteiger partial charge in [-0.3, -0.25) is 10.1 Å². The highest BCUT2D eigenvalue weighted by molar-refractivity contribution is 7.18. The molecule has 0 saturated heterocycles. The maximum atomic E-state index is 11.8. The van der Waals surface area contributed by atoms with Crippen molar-refractivity contribution in [3.8, 4) is 0 Å². The van der Waals surface area contributed by atoms with E-state index >= 15 is 0 Å². The fourth-order valence-electron chi connectivity index (χ4n) is 3.19. The summed E-state index contributed by atoms with van der Waals surface area (Å²) in [5.74, 6) is -0.306. The molecule has 1 heterocycles. The molecule has 1 atom stereocenters. The first-order valence-electron chi connectivity index (χ1n) is 6.91. The molecule has 3 amide bonds. The molecule has 1 aromatic heterocycles. The van der Waals surface area contributed by atoms with Crippen LogP contribution in [0.5, 0.6) is 0 Å². The minimum absolute atomic E-state index is 0.215. The maximum absolute atomic E-state index is 11.8. The van der Waals surface area contributed by atoms with Crippen LogP contribution < -0.4 is 16.8 Å². The van der Waals surface area contributed by atoms with Gasteiger partial charge in [0.1, 0.15) is 5.00 Å². The third-order valence-electron chi connectivity index (χ3n) is 4.00. The lowest BCUT2D eigenvalue weighted by molar-refractivity contribution is 0.1000. The number of rotatable bonds is 2. The molecule has 0 spiro atoms. The van der Waals surface area contributed by atoms with E-state index in [1.807, 2.05) is 0 Å². The van der Waals surface area contributed by atoms with Gasteiger partial charge in [-0.2, -0.15) is 0 Å². The van der Waals surface area contributed by atoms with Gasteiger partial charge in [0.25, 0.3) is 5.91 Å². The largest absolute Gasteiger partial charge is 0.365 e. The van der Waals surface area contributed by atoms with Gasteiger partial charge in [0, 0.05) is 4.88 Å². The van der Waals surface area contributed by atoms with Crippen LogP contribution in [-0.4, -0.2) is 11.9 Å². The molecule has 21 heavy (non-hydrogen) atoms. The van der Waals surface area contributed by atoms with Crippen LogP contribution in [0.1, 0.15) is 52.9 Å². The lowest BCUT2D eigenvalue weighted by Crippen LogP contribution is -2.22. The van der Waals surface area contributed by atoms with E-state index in [0.717, 1.165) is 29.7 Å². The van der Waals surface area contributed by atoms with Crippen molar-refractivity contribution in [2.24, 2.45) is 11.5 Å². The number of thiophene rings is 1. The van der Waals surface area contributed by atoms with Gasteiger partial charge in [-0.25, -0.2) is 4.79 Å². The van der Waals surface area contributed by atoms with Crippen LogP contribution in [0.3, 0.4) is 0 Å². The molecule has 0 aromatic carbocycles. The SMILES string of the molecule is CC1CC2=C(C=CCC2)c2sc(NC(N)=O)c(C(N)=O)c21. The van der Waals surface area contributed by atoms with E-state index in [9.17, 15) is 9.59 Å². The zero-order valence-corrected chi connectivity index (χ0v) is 12.5. The summed E-state index contributed by atoms with van der Waals surface area (Å²) in [6, 6.07) is -0.683. The topological polar surface area (TPSA) is 98.2 Å². The van der Waals surface area contributed by atoms with Crippen LogP contribution in [0.2, 0.25) is 0 Å². The number of urea groups is 1. The minimum atomic E-state index is -0.683. The highest BCUT2D eigenvalue weighted by atomic mass is 32.1. The first-order valence-corrected chi connectivity index (χ1v) is 7.72. The molecule has 0 radical (unpaired) electrons. The fourth-order valence-corrected chi connectivity index (χ4v) is 4.59. The summed E-state index contributed by atoms with van der Waals surface area (Å²) in [6.07, 6.45) is 7.29. The van der Waals surface area contributed by atoms with Crippen molar-refractivity contribution in [2.75, 3.05) is 5.32 Å². The summed E-state index contributed by atoms with van der Waals surface area (Å²) >= 11 is 1.39. The fraction of sp³-hybridized carbons (Fsp3) is 0.333. The molecule has 0 aliphatic heterocycles. The predicted molar refractivity (Wildman–Crippen MR) is 84.4 cm³/mol. The van der Waals surface area contributed by atoms with Crippen LogP contribution in [0, 0.1) is 0 Å². The average Bonchev–Trinajstić information content (AvgIpc) is 2.78. The molecule has 5 nitrogen and oxygen atoms in total. The summed E-state index contributed by atoms with van der Waals surface area (Å²) in [5.41, 5.74) is 14.7. The average molecular weight is 303 g/mol. The molecule has 2 aliphatic rings. The van der Waals surface area contributed by atoms with Gasteiger partial charge in [0.05, 0.1) is 5.56 Å². The second-order valence-corrected chi connectivity index (χ2v) is 6.49. The smallest absolute Gasteiger partial charge is 0.317 e. The van der Waals surface area contributed by atoms with Gasteiger partial charge >= 0.3 is 6.03 Å². The number of amides is 3. The second kappa shape index (κ2) is 5.04. The summed E-state index contributed by atoms with van der Waals surface area (Å²) in [4.78, 5) is 24.0. The zero-order valence-electron chi connectivity index (χ0n) is 11.7. The molecular formula is C15H17N3O2S. The number of fused-ring (bicyclic) bond motifs is 2. The molecule has 1 unspecified atom stereocenters. The van der Waals surface area contributed by atoms with Gasteiger partial charge in [-0.05, 0) is 36.3 Å². The molecule has 6 heteroatoms. The second-order valence-electron chi connectivity index (χ2n) is 5.47. The van der Waals surface area contributed by atoms with Crippen LogP contribution >= 0.6 is 11.3 Å². The Morgan fingerprint density at radius 1 is 1.38 bits per heavy atom. The van der Waals surface area contributed by atoms with Crippen molar-refractivity contribution in [3.63, 3.8) is 0 Å². The van der Waals surface area contributed by atoms with Gasteiger partial charge < -0.3 is 11.5 Å². The molecular weight excluding hydrogens is 286 g/mol. The van der Waals surface area contributed by atoms with E-state index < -0.39 is 11.9 Å². The Hall–Kier alpha value is -2.08. The van der Waals surface area contributed by atoms with Crippen molar-refractivity contribution in [3.05, 3.63) is 33.7 Å².